The summed E-state index contributed by atoms with van der Waals surface area (Å²) in [4.78, 5) is 11.7. The van der Waals surface area contributed by atoms with Crippen molar-refractivity contribution in [3.05, 3.63) is 53.1 Å². The third-order valence-electron chi connectivity index (χ3n) is 2.76. The molecule has 2 aromatic carbocycles. The highest BCUT2D eigenvalue weighted by atomic mass is 35.5. The number of hydrogen-bond donors (Lipinski definition) is 0. The summed E-state index contributed by atoms with van der Waals surface area (Å²) in [5.74, 6) is 0.691. The number of Topliss-reactive ketones (excluding diaryl/α,β-unsaturated/α-hetero) is 1. The fourth-order valence-corrected chi connectivity index (χ4v) is 1.95. The van der Waals surface area contributed by atoms with Gasteiger partial charge in [-0.15, -0.1) is 0 Å². The number of methoxy groups -OCH3 is 1. The second kappa shape index (κ2) is 5.23. The Kier molecular flexibility index (Phi) is 3.68. The molecule has 0 heterocycles. The van der Waals surface area contributed by atoms with E-state index in [9.17, 15) is 4.79 Å². The highest BCUT2D eigenvalue weighted by molar-refractivity contribution is 6.30. The predicted octanol–water partition coefficient (Wildman–Crippen LogP) is 4.22. The van der Waals surface area contributed by atoms with Crippen LogP contribution < -0.4 is 4.74 Å². The predicted molar refractivity (Wildman–Crippen MR) is 73.4 cm³/mol. The van der Waals surface area contributed by atoms with Crippen LogP contribution in [-0.2, 0) is 0 Å². The van der Waals surface area contributed by atoms with Crippen LogP contribution in [0, 0.1) is 0 Å². The molecule has 0 unspecified atom stereocenters. The lowest BCUT2D eigenvalue weighted by molar-refractivity contribution is 0.101. The lowest BCUT2D eigenvalue weighted by Crippen LogP contribution is -1.97. The molecule has 2 nitrogen and oxygen atoms in total. The van der Waals surface area contributed by atoms with Gasteiger partial charge in [-0.1, -0.05) is 23.7 Å². The summed E-state index contributed by atoms with van der Waals surface area (Å²) in [5, 5.41) is 0.677. The normalized spacial score (nSPS) is 10.2. The molecule has 0 aliphatic rings. The second-order valence-corrected chi connectivity index (χ2v) is 4.41. The molecule has 2 aromatic rings. The van der Waals surface area contributed by atoms with E-state index in [4.69, 9.17) is 16.3 Å². The molecule has 92 valence electrons. The zero-order chi connectivity index (χ0) is 13.1. The van der Waals surface area contributed by atoms with E-state index in [0.717, 1.165) is 11.1 Å². The first-order valence-electron chi connectivity index (χ1n) is 5.56. The van der Waals surface area contributed by atoms with E-state index in [0.29, 0.717) is 16.3 Å². The maximum Gasteiger partial charge on any atom is 0.160 e. The number of ether oxygens (including phenoxy) is 1. The molecular weight excluding hydrogens is 248 g/mol. The van der Waals surface area contributed by atoms with E-state index in [1.807, 2.05) is 36.4 Å². The molecule has 0 amide bonds. The van der Waals surface area contributed by atoms with Crippen molar-refractivity contribution in [2.45, 2.75) is 6.92 Å². The van der Waals surface area contributed by atoms with Crippen molar-refractivity contribution in [3.8, 4) is 16.9 Å². The largest absolute Gasteiger partial charge is 0.497 e. The van der Waals surface area contributed by atoms with Crippen molar-refractivity contribution >= 4 is 17.4 Å². The lowest BCUT2D eigenvalue weighted by atomic mass is 9.97. The molecule has 0 saturated carbocycles. The number of carbonyl (C=O) groups excluding carboxylic acids is 1. The highest BCUT2D eigenvalue weighted by Gasteiger charge is 2.10. The van der Waals surface area contributed by atoms with Gasteiger partial charge in [-0.3, -0.25) is 4.79 Å². The van der Waals surface area contributed by atoms with Crippen LogP contribution in [-0.4, -0.2) is 12.9 Å². The maximum absolute atomic E-state index is 11.7. The van der Waals surface area contributed by atoms with Gasteiger partial charge in [-0.25, -0.2) is 0 Å². The van der Waals surface area contributed by atoms with Crippen LogP contribution in [0.1, 0.15) is 17.3 Å². The smallest absolute Gasteiger partial charge is 0.160 e. The van der Waals surface area contributed by atoms with Gasteiger partial charge in [0.2, 0.25) is 0 Å². The molecule has 0 aliphatic carbocycles. The quantitative estimate of drug-likeness (QED) is 0.773. The van der Waals surface area contributed by atoms with Crippen LogP contribution in [0.2, 0.25) is 5.02 Å². The molecule has 0 saturated heterocycles. The number of rotatable bonds is 3. The van der Waals surface area contributed by atoms with E-state index < -0.39 is 0 Å². The SMILES string of the molecule is COc1ccc(-c2ccc(Cl)cc2)c(C(C)=O)c1. The summed E-state index contributed by atoms with van der Waals surface area (Å²) in [5.41, 5.74) is 2.50. The zero-order valence-electron chi connectivity index (χ0n) is 10.2. The number of benzene rings is 2. The Morgan fingerprint density at radius 2 is 1.78 bits per heavy atom. The summed E-state index contributed by atoms with van der Waals surface area (Å²) >= 11 is 5.86. The Labute approximate surface area is 111 Å². The Morgan fingerprint density at radius 3 is 2.33 bits per heavy atom. The average Bonchev–Trinajstić information content (AvgIpc) is 2.39. The molecule has 0 aromatic heterocycles. The van der Waals surface area contributed by atoms with Crippen molar-refractivity contribution in [2.75, 3.05) is 7.11 Å². The molecule has 0 bridgehead atoms. The summed E-state index contributed by atoms with van der Waals surface area (Å²) < 4.78 is 5.14. The standard InChI is InChI=1S/C15H13ClO2/c1-10(17)15-9-13(18-2)7-8-14(15)11-3-5-12(16)6-4-11/h3-9H,1-2H3. The fourth-order valence-electron chi connectivity index (χ4n) is 1.82. The first kappa shape index (κ1) is 12.7. The molecule has 0 spiro atoms. The third kappa shape index (κ3) is 2.54. The van der Waals surface area contributed by atoms with Gasteiger partial charge in [0.1, 0.15) is 5.75 Å². The monoisotopic (exact) mass is 260 g/mol. The summed E-state index contributed by atoms with van der Waals surface area (Å²) in [6.07, 6.45) is 0. The fraction of sp³-hybridized carbons (Fsp3) is 0.133. The Bertz CT molecular complexity index is 574. The average molecular weight is 261 g/mol. The van der Waals surface area contributed by atoms with Crippen molar-refractivity contribution in [1.29, 1.82) is 0 Å². The van der Waals surface area contributed by atoms with Gasteiger partial charge in [0.15, 0.2) is 5.78 Å². The minimum Gasteiger partial charge on any atom is -0.497 e. The van der Waals surface area contributed by atoms with E-state index in [2.05, 4.69) is 0 Å². The minimum atomic E-state index is 0.0128. The van der Waals surface area contributed by atoms with Gasteiger partial charge >= 0.3 is 0 Å². The summed E-state index contributed by atoms with van der Waals surface area (Å²) in [6, 6.07) is 12.9. The van der Waals surface area contributed by atoms with Crippen LogP contribution in [0.3, 0.4) is 0 Å². The van der Waals surface area contributed by atoms with Crippen molar-refractivity contribution < 1.29 is 9.53 Å². The number of hydrogen-bond acceptors (Lipinski definition) is 2. The van der Waals surface area contributed by atoms with Crippen LogP contribution in [0.25, 0.3) is 11.1 Å². The van der Waals surface area contributed by atoms with Crippen molar-refractivity contribution in [2.24, 2.45) is 0 Å². The number of carbonyl (C=O) groups is 1. The molecule has 3 heteroatoms. The van der Waals surface area contributed by atoms with E-state index in [-0.39, 0.29) is 5.78 Å². The summed E-state index contributed by atoms with van der Waals surface area (Å²) in [6.45, 7) is 1.55. The van der Waals surface area contributed by atoms with E-state index in [1.165, 1.54) is 0 Å². The molecule has 0 N–H and O–H groups in total. The Balaban J connectivity index is 2.56. The van der Waals surface area contributed by atoms with Gasteiger partial charge in [-0.05, 0) is 48.4 Å². The van der Waals surface area contributed by atoms with E-state index in [1.54, 1.807) is 20.1 Å². The first-order chi connectivity index (χ1) is 8.61. The molecule has 0 atom stereocenters. The van der Waals surface area contributed by atoms with Gasteiger partial charge < -0.3 is 4.74 Å². The first-order valence-corrected chi connectivity index (χ1v) is 5.94. The van der Waals surface area contributed by atoms with Gasteiger partial charge in [-0.2, -0.15) is 0 Å². The number of ketones is 1. The maximum atomic E-state index is 11.7. The van der Waals surface area contributed by atoms with Crippen LogP contribution >= 0.6 is 11.6 Å². The molecule has 0 fully saturated rings. The van der Waals surface area contributed by atoms with Gasteiger partial charge in [0.25, 0.3) is 0 Å². The van der Waals surface area contributed by atoms with Crippen LogP contribution in [0.4, 0.5) is 0 Å². The van der Waals surface area contributed by atoms with Gasteiger partial charge in [0.05, 0.1) is 7.11 Å². The number of halogens is 1. The third-order valence-corrected chi connectivity index (χ3v) is 3.01. The Hall–Kier alpha value is -1.80. The minimum absolute atomic E-state index is 0.0128. The molecule has 2 rings (SSSR count). The Morgan fingerprint density at radius 1 is 1.11 bits per heavy atom. The van der Waals surface area contributed by atoms with Gasteiger partial charge in [0, 0.05) is 10.6 Å². The summed E-state index contributed by atoms with van der Waals surface area (Å²) in [7, 11) is 1.58. The molecule has 0 radical (unpaired) electrons. The van der Waals surface area contributed by atoms with Crippen LogP contribution in [0.15, 0.2) is 42.5 Å². The molecular formula is C15H13ClO2. The van der Waals surface area contributed by atoms with Crippen molar-refractivity contribution in [3.63, 3.8) is 0 Å². The second-order valence-electron chi connectivity index (χ2n) is 3.97. The molecule has 0 aliphatic heterocycles. The molecule has 18 heavy (non-hydrogen) atoms. The van der Waals surface area contributed by atoms with Crippen LogP contribution in [0.5, 0.6) is 5.75 Å². The topological polar surface area (TPSA) is 26.3 Å². The van der Waals surface area contributed by atoms with E-state index >= 15 is 0 Å². The lowest BCUT2D eigenvalue weighted by Gasteiger charge is -2.09. The highest BCUT2D eigenvalue weighted by Crippen LogP contribution is 2.28. The van der Waals surface area contributed by atoms with Crippen molar-refractivity contribution in [1.82, 2.24) is 0 Å². The zero-order valence-corrected chi connectivity index (χ0v) is 11.0.